The number of hydrogen-bond acceptors (Lipinski definition) is 4. The summed E-state index contributed by atoms with van der Waals surface area (Å²) in [4.78, 5) is 23.0. The molecule has 0 heterocycles. The van der Waals surface area contributed by atoms with E-state index in [9.17, 15) is 9.59 Å². The van der Waals surface area contributed by atoms with E-state index in [2.05, 4.69) is 21.2 Å². The van der Waals surface area contributed by atoms with Crippen molar-refractivity contribution in [1.29, 1.82) is 0 Å². The van der Waals surface area contributed by atoms with Crippen LogP contribution in [0.15, 0.2) is 46.9 Å². The molecule has 0 aliphatic rings. The van der Waals surface area contributed by atoms with Crippen molar-refractivity contribution in [3.05, 3.63) is 52.5 Å². The van der Waals surface area contributed by atoms with Gasteiger partial charge in [-0.2, -0.15) is 0 Å². The van der Waals surface area contributed by atoms with E-state index in [1.54, 1.807) is 42.5 Å². The van der Waals surface area contributed by atoms with Crippen LogP contribution >= 0.6 is 15.9 Å². The van der Waals surface area contributed by atoms with Crippen molar-refractivity contribution >= 4 is 39.2 Å². The Morgan fingerprint density at radius 2 is 1.81 bits per heavy atom. The van der Waals surface area contributed by atoms with Crippen LogP contribution in [0.25, 0.3) is 0 Å². The number of halogens is 1. The lowest BCUT2D eigenvalue weighted by atomic mass is 10.2. The van der Waals surface area contributed by atoms with Crippen LogP contribution in [0.3, 0.4) is 0 Å². The zero-order valence-corrected chi connectivity index (χ0v) is 12.8. The second-order valence-electron chi connectivity index (χ2n) is 4.31. The van der Waals surface area contributed by atoms with Gasteiger partial charge in [-0.15, -0.1) is 0 Å². The molecule has 0 aliphatic heterocycles. The van der Waals surface area contributed by atoms with Crippen LogP contribution in [-0.4, -0.2) is 11.9 Å². The van der Waals surface area contributed by atoms with Gasteiger partial charge in [0, 0.05) is 22.6 Å². The summed E-state index contributed by atoms with van der Waals surface area (Å²) in [7, 11) is 0. The molecule has 0 spiro atoms. The normalized spacial score (nSPS) is 10.0. The Morgan fingerprint density at radius 1 is 1.14 bits per heavy atom. The molecule has 2 aromatic carbocycles. The van der Waals surface area contributed by atoms with Gasteiger partial charge in [-0.3, -0.25) is 9.59 Å². The first kappa shape index (κ1) is 15.1. The molecule has 0 atom stereocenters. The molecular formula is C15H13BrN2O3. The Kier molecular flexibility index (Phi) is 4.59. The van der Waals surface area contributed by atoms with E-state index in [1.165, 1.54) is 6.92 Å². The summed E-state index contributed by atoms with van der Waals surface area (Å²) < 4.78 is 5.64. The number of rotatable bonds is 3. The first-order chi connectivity index (χ1) is 9.95. The van der Waals surface area contributed by atoms with Gasteiger partial charge < -0.3 is 15.8 Å². The molecule has 0 aliphatic carbocycles. The molecule has 0 fully saturated rings. The van der Waals surface area contributed by atoms with E-state index in [-0.39, 0.29) is 5.91 Å². The van der Waals surface area contributed by atoms with Gasteiger partial charge in [-0.05, 0) is 58.4 Å². The van der Waals surface area contributed by atoms with Crippen LogP contribution in [-0.2, 0) is 4.79 Å². The second kappa shape index (κ2) is 6.41. The highest BCUT2D eigenvalue weighted by Crippen LogP contribution is 2.25. The fourth-order valence-electron chi connectivity index (χ4n) is 1.67. The topological polar surface area (TPSA) is 81.4 Å². The van der Waals surface area contributed by atoms with Gasteiger partial charge in [-0.25, -0.2) is 0 Å². The number of esters is 1. The van der Waals surface area contributed by atoms with E-state index in [0.717, 1.165) is 4.47 Å². The molecule has 3 N–H and O–H groups in total. The summed E-state index contributed by atoms with van der Waals surface area (Å²) in [5, 5.41) is 2.75. The first-order valence-corrected chi connectivity index (χ1v) is 6.90. The van der Waals surface area contributed by atoms with Gasteiger partial charge in [0.05, 0.1) is 5.69 Å². The van der Waals surface area contributed by atoms with Gasteiger partial charge in [0.2, 0.25) is 0 Å². The number of ether oxygens (including phenoxy) is 1. The van der Waals surface area contributed by atoms with Crippen molar-refractivity contribution in [2.75, 3.05) is 11.1 Å². The molecule has 2 aromatic rings. The van der Waals surface area contributed by atoms with Crippen molar-refractivity contribution in [3.63, 3.8) is 0 Å². The maximum Gasteiger partial charge on any atom is 0.308 e. The van der Waals surface area contributed by atoms with Crippen LogP contribution in [0.1, 0.15) is 17.3 Å². The molecule has 1 amide bonds. The van der Waals surface area contributed by atoms with Crippen LogP contribution < -0.4 is 15.8 Å². The third-order valence-electron chi connectivity index (χ3n) is 2.62. The number of amides is 1. The van der Waals surface area contributed by atoms with Crippen molar-refractivity contribution in [3.8, 4) is 5.75 Å². The van der Waals surface area contributed by atoms with Gasteiger partial charge in [0.15, 0.2) is 0 Å². The average molecular weight is 349 g/mol. The molecule has 0 radical (unpaired) electrons. The summed E-state index contributed by atoms with van der Waals surface area (Å²) in [6.07, 6.45) is 0. The van der Waals surface area contributed by atoms with Crippen LogP contribution in [0.4, 0.5) is 11.4 Å². The van der Waals surface area contributed by atoms with E-state index in [4.69, 9.17) is 10.5 Å². The van der Waals surface area contributed by atoms with Crippen molar-refractivity contribution in [2.45, 2.75) is 6.92 Å². The lowest BCUT2D eigenvalue weighted by Crippen LogP contribution is -2.12. The molecule has 0 unspecified atom stereocenters. The smallest absolute Gasteiger partial charge is 0.308 e. The predicted molar refractivity (Wildman–Crippen MR) is 84.3 cm³/mol. The quantitative estimate of drug-likeness (QED) is 0.507. The average Bonchev–Trinajstić information content (AvgIpc) is 2.43. The minimum Gasteiger partial charge on any atom is -0.427 e. The van der Waals surface area contributed by atoms with Crippen molar-refractivity contribution < 1.29 is 14.3 Å². The van der Waals surface area contributed by atoms with Crippen molar-refractivity contribution in [2.24, 2.45) is 0 Å². The lowest BCUT2D eigenvalue weighted by Gasteiger charge is -2.09. The molecule has 5 nitrogen and oxygen atoms in total. The maximum atomic E-state index is 12.1. The number of hydrogen-bond donors (Lipinski definition) is 2. The van der Waals surface area contributed by atoms with E-state index < -0.39 is 5.97 Å². The third kappa shape index (κ3) is 4.06. The standard InChI is InChI=1S/C15H13BrN2O3/c1-9(19)21-12-5-2-10(3-6-12)15(20)18-14-8-11(17)4-7-13(14)16/h2-8H,17H2,1H3,(H,18,20). The minimum atomic E-state index is -0.407. The molecule has 2 rings (SSSR count). The predicted octanol–water partition coefficient (Wildman–Crippen LogP) is 3.21. The zero-order chi connectivity index (χ0) is 15.4. The summed E-state index contributed by atoms with van der Waals surface area (Å²) >= 11 is 3.34. The largest absolute Gasteiger partial charge is 0.427 e. The molecular weight excluding hydrogens is 336 g/mol. The highest BCUT2D eigenvalue weighted by molar-refractivity contribution is 9.10. The van der Waals surface area contributed by atoms with Gasteiger partial charge >= 0.3 is 5.97 Å². The third-order valence-corrected chi connectivity index (χ3v) is 3.31. The Morgan fingerprint density at radius 3 is 2.43 bits per heavy atom. The Balaban J connectivity index is 2.13. The maximum absolute atomic E-state index is 12.1. The van der Waals surface area contributed by atoms with Gasteiger partial charge in [0.25, 0.3) is 5.91 Å². The lowest BCUT2D eigenvalue weighted by molar-refractivity contribution is -0.131. The fraction of sp³-hybridized carbons (Fsp3) is 0.0667. The molecule has 6 heteroatoms. The fourth-order valence-corrected chi connectivity index (χ4v) is 2.02. The Bertz CT molecular complexity index is 684. The van der Waals surface area contributed by atoms with Crippen LogP contribution in [0.5, 0.6) is 5.75 Å². The summed E-state index contributed by atoms with van der Waals surface area (Å²) in [6.45, 7) is 1.32. The van der Waals surface area contributed by atoms with E-state index in [0.29, 0.717) is 22.7 Å². The number of nitrogens with two attached hydrogens (primary N) is 1. The monoisotopic (exact) mass is 348 g/mol. The second-order valence-corrected chi connectivity index (χ2v) is 5.17. The Hall–Kier alpha value is -2.34. The molecule has 0 saturated heterocycles. The van der Waals surface area contributed by atoms with Crippen LogP contribution in [0.2, 0.25) is 0 Å². The Labute approximate surface area is 130 Å². The number of carbonyl (C=O) groups excluding carboxylic acids is 2. The first-order valence-electron chi connectivity index (χ1n) is 6.10. The number of carbonyl (C=O) groups is 2. The summed E-state index contributed by atoms with van der Waals surface area (Å²) in [6, 6.07) is 11.4. The highest BCUT2D eigenvalue weighted by Gasteiger charge is 2.09. The van der Waals surface area contributed by atoms with E-state index in [1.807, 2.05) is 0 Å². The number of nitrogen functional groups attached to an aromatic ring is 1. The molecule has 0 saturated carbocycles. The molecule has 21 heavy (non-hydrogen) atoms. The van der Waals surface area contributed by atoms with Gasteiger partial charge in [0.1, 0.15) is 5.75 Å². The summed E-state index contributed by atoms with van der Waals surface area (Å²) in [5.74, 6) is -0.296. The minimum absolute atomic E-state index is 0.282. The molecule has 0 bridgehead atoms. The zero-order valence-electron chi connectivity index (χ0n) is 11.2. The van der Waals surface area contributed by atoms with Crippen LogP contribution in [0, 0.1) is 0 Å². The molecule has 108 valence electrons. The van der Waals surface area contributed by atoms with Crippen molar-refractivity contribution in [1.82, 2.24) is 0 Å². The summed E-state index contributed by atoms with van der Waals surface area (Å²) in [5.41, 5.74) is 7.27. The van der Waals surface area contributed by atoms with E-state index >= 15 is 0 Å². The highest BCUT2D eigenvalue weighted by atomic mass is 79.9. The van der Waals surface area contributed by atoms with Gasteiger partial charge in [-0.1, -0.05) is 0 Å². The SMILES string of the molecule is CC(=O)Oc1ccc(C(=O)Nc2cc(N)ccc2Br)cc1. The molecule has 0 aromatic heterocycles. The number of benzene rings is 2. The number of anilines is 2. The number of nitrogens with one attached hydrogen (secondary N) is 1.